The second-order valence-electron chi connectivity index (χ2n) is 11.1. The van der Waals surface area contributed by atoms with Crippen LogP contribution >= 0.6 is 7.52 Å². The van der Waals surface area contributed by atoms with Gasteiger partial charge in [-0.1, -0.05) is 41.5 Å². The predicted molar refractivity (Wildman–Crippen MR) is 130 cm³/mol. The van der Waals surface area contributed by atoms with Crippen LogP contribution in [-0.2, 0) is 20.1 Å². The summed E-state index contributed by atoms with van der Waals surface area (Å²) < 4.78 is 63.1. The van der Waals surface area contributed by atoms with Gasteiger partial charge < -0.3 is 19.8 Å². The molecular weight excluding hydrogens is 482 g/mol. The first kappa shape index (κ1) is 27.3. The van der Waals surface area contributed by atoms with Gasteiger partial charge in [0.25, 0.3) is 5.91 Å². The SMILES string of the molecule is CCOP1(=O)N=C(C2=C(O)C(C(C)(C)C)N(CCC(C)(C)C)C2=O)Nc2ccc(C(F)(F)F)cc21. The number of amidine groups is 1. The van der Waals surface area contributed by atoms with Gasteiger partial charge in [-0.05, 0) is 42.4 Å². The number of hydrogen-bond acceptors (Lipinski definition) is 5. The van der Waals surface area contributed by atoms with Crippen LogP contribution in [0.25, 0.3) is 0 Å². The first-order valence-electron chi connectivity index (χ1n) is 11.5. The highest BCUT2D eigenvalue weighted by molar-refractivity contribution is 7.66. The topological polar surface area (TPSA) is 91.2 Å². The Bertz CT molecular complexity index is 1130. The monoisotopic (exact) mass is 515 g/mol. The molecule has 2 heterocycles. The minimum absolute atomic E-state index is 0.0680. The Hall–Kier alpha value is -2.32. The van der Waals surface area contributed by atoms with Crippen molar-refractivity contribution in [3.8, 4) is 0 Å². The lowest BCUT2D eigenvalue weighted by Crippen LogP contribution is -2.45. The van der Waals surface area contributed by atoms with Crippen LogP contribution < -0.4 is 10.6 Å². The fourth-order valence-corrected chi connectivity index (χ4v) is 6.02. The number of halogens is 3. The maximum absolute atomic E-state index is 13.7. The molecule has 3 rings (SSSR count). The molecule has 0 fully saturated rings. The Balaban J connectivity index is 2.12. The molecule has 1 amide bonds. The molecule has 2 aliphatic rings. The molecule has 0 saturated carbocycles. The van der Waals surface area contributed by atoms with Crippen LogP contribution in [0, 0.1) is 10.8 Å². The lowest BCUT2D eigenvalue weighted by molar-refractivity contribution is -0.137. The van der Waals surface area contributed by atoms with E-state index in [-0.39, 0.29) is 40.2 Å². The molecule has 1 aromatic carbocycles. The Kier molecular flexibility index (Phi) is 6.98. The van der Waals surface area contributed by atoms with Gasteiger partial charge in [0, 0.05) is 6.54 Å². The predicted octanol–water partition coefficient (Wildman–Crippen LogP) is 5.89. The van der Waals surface area contributed by atoms with Crippen molar-refractivity contribution < 1.29 is 32.2 Å². The van der Waals surface area contributed by atoms with E-state index in [2.05, 4.69) is 10.1 Å². The van der Waals surface area contributed by atoms with E-state index in [9.17, 15) is 27.6 Å². The summed E-state index contributed by atoms with van der Waals surface area (Å²) in [5.74, 6) is -0.888. The molecule has 0 radical (unpaired) electrons. The molecule has 194 valence electrons. The van der Waals surface area contributed by atoms with Gasteiger partial charge in [-0.2, -0.15) is 17.9 Å². The summed E-state index contributed by atoms with van der Waals surface area (Å²) in [7, 11) is -4.17. The van der Waals surface area contributed by atoms with E-state index >= 15 is 0 Å². The van der Waals surface area contributed by atoms with Crippen molar-refractivity contribution in [2.45, 2.75) is 67.1 Å². The maximum Gasteiger partial charge on any atom is 0.416 e. The van der Waals surface area contributed by atoms with Gasteiger partial charge in [-0.25, -0.2) is 0 Å². The zero-order valence-corrected chi connectivity index (χ0v) is 22.0. The van der Waals surface area contributed by atoms with E-state index in [1.165, 1.54) is 0 Å². The number of carbonyl (C=O) groups excluding carboxylic acids is 1. The van der Waals surface area contributed by atoms with E-state index in [0.717, 1.165) is 18.2 Å². The summed E-state index contributed by atoms with van der Waals surface area (Å²) in [6.45, 7) is 13.7. The first-order valence-corrected chi connectivity index (χ1v) is 13.0. The molecule has 7 nitrogen and oxygen atoms in total. The maximum atomic E-state index is 13.7. The molecular formula is C24H33F3N3O4P. The fourth-order valence-electron chi connectivity index (χ4n) is 4.21. The van der Waals surface area contributed by atoms with Crippen LogP contribution in [0.5, 0.6) is 0 Å². The van der Waals surface area contributed by atoms with Crippen LogP contribution in [0.1, 0.15) is 60.5 Å². The number of nitrogens with one attached hydrogen (secondary N) is 1. The molecule has 11 heteroatoms. The van der Waals surface area contributed by atoms with Crippen molar-refractivity contribution in [3.63, 3.8) is 0 Å². The minimum Gasteiger partial charge on any atom is -0.509 e. The van der Waals surface area contributed by atoms with Gasteiger partial charge in [-0.15, -0.1) is 0 Å². The smallest absolute Gasteiger partial charge is 0.416 e. The highest BCUT2D eigenvalue weighted by atomic mass is 31.2. The van der Waals surface area contributed by atoms with Crippen molar-refractivity contribution in [1.29, 1.82) is 0 Å². The molecule has 2 aliphatic heterocycles. The highest BCUT2D eigenvalue weighted by Gasteiger charge is 2.49. The number of aliphatic hydroxyl groups excluding tert-OH is 1. The third kappa shape index (κ3) is 5.43. The van der Waals surface area contributed by atoms with Gasteiger partial charge in [0.1, 0.15) is 11.3 Å². The summed E-state index contributed by atoms with van der Waals surface area (Å²) >= 11 is 0. The number of carbonyl (C=O) groups is 1. The van der Waals surface area contributed by atoms with Crippen LogP contribution in [-0.4, -0.2) is 40.9 Å². The van der Waals surface area contributed by atoms with Crippen LogP contribution in [0.15, 0.2) is 34.3 Å². The Morgan fingerprint density at radius 1 is 1.17 bits per heavy atom. The number of rotatable bonds is 5. The zero-order valence-electron chi connectivity index (χ0n) is 21.1. The Morgan fingerprint density at radius 2 is 1.80 bits per heavy atom. The summed E-state index contributed by atoms with van der Waals surface area (Å²) in [5.41, 5.74) is -1.66. The average molecular weight is 516 g/mol. The third-order valence-corrected chi connectivity index (χ3v) is 7.93. The lowest BCUT2D eigenvalue weighted by atomic mass is 9.84. The quantitative estimate of drug-likeness (QED) is 0.478. The van der Waals surface area contributed by atoms with Gasteiger partial charge >= 0.3 is 13.7 Å². The van der Waals surface area contributed by atoms with Crippen molar-refractivity contribution in [1.82, 2.24) is 4.90 Å². The number of aliphatic hydroxyl groups is 1. The lowest BCUT2D eigenvalue weighted by Gasteiger charge is -2.36. The summed E-state index contributed by atoms with van der Waals surface area (Å²) in [6.07, 6.45) is -3.97. The van der Waals surface area contributed by atoms with Crippen LogP contribution in [0.3, 0.4) is 0 Å². The second kappa shape index (κ2) is 8.96. The van der Waals surface area contributed by atoms with E-state index in [1.54, 1.807) is 11.8 Å². The Labute approximate surface area is 204 Å². The van der Waals surface area contributed by atoms with Crippen molar-refractivity contribution in [3.05, 3.63) is 35.1 Å². The van der Waals surface area contributed by atoms with E-state index in [4.69, 9.17) is 4.52 Å². The van der Waals surface area contributed by atoms with Crippen molar-refractivity contribution in [2.24, 2.45) is 15.6 Å². The van der Waals surface area contributed by atoms with Crippen LogP contribution in [0.4, 0.5) is 18.9 Å². The molecule has 0 bridgehead atoms. The summed E-state index contributed by atoms with van der Waals surface area (Å²) in [6, 6.07) is 2.08. The van der Waals surface area contributed by atoms with Crippen molar-refractivity contribution >= 4 is 30.3 Å². The highest BCUT2D eigenvalue weighted by Crippen LogP contribution is 2.53. The van der Waals surface area contributed by atoms with E-state index in [1.807, 2.05) is 41.5 Å². The summed E-state index contributed by atoms with van der Waals surface area (Å²) in [5, 5.41) is 13.8. The number of nitrogens with zero attached hydrogens (tertiary/aromatic N) is 2. The number of amides is 1. The molecule has 2 N–H and O–H groups in total. The molecule has 2 unspecified atom stereocenters. The zero-order chi connectivity index (χ0) is 26.6. The number of hydrogen-bond donors (Lipinski definition) is 2. The number of benzene rings is 1. The van der Waals surface area contributed by atoms with Crippen LogP contribution in [0.2, 0.25) is 0 Å². The van der Waals surface area contributed by atoms with Gasteiger partial charge in [0.15, 0.2) is 5.84 Å². The minimum atomic E-state index is -4.65. The molecule has 0 aliphatic carbocycles. The Morgan fingerprint density at radius 3 is 2.31 bits per heavy atom. The number of alkyl halides is 3. The second-order valence-corrected chi connectivity index (χ2v) is 13.1. The van der Waals surface area contributed by atoms with Crippen molar-refractivity contribution in [2.75, 3.05) is 18.5 Å². The number of fused-ring (bicyclic) bond motifs is 1. The average Bonchev–Trinajstić information content (AvgIpc) is 2.94. The van der Waals surface area contributed by atoms with Gasteiger partial charge in [-0.3, -0.25) is 9.36 Å². The molecule has 0 spiro atoms. The summed E-state index contributed by atoms with van der Waals surface area (Å²) in [4.78, 5) is 15.1. The fraction of sp³-hybridized carbons (Fsp3) is 0.583. The largest absolute Gasteiger partial charge is 0.509 e. The molecule has 2 atom stereocenters. The van der Waals surface area contributed by atoms with E-state index < -0.39 is 36.6 Å². The molecule has 1 aromatic rings. The van der Waals surface area contributed by atoms with E-state index in [0.29, 0.717) is 13.0 Å². The van der Waals surface area contributed by atoms with Gasteiger partial charge in [0.2, 0.25) is 0 Å². The van der Waals surface area contributed by atoms with Gasteiger partial charge in [0.05, 0.1) is 29.2 Å². The molecule has 0 aromatic heterocycles. The standard InChI is InChI=1S/C24H33F3N3O4P/c1-8-34-35(33)16-13-14(24(25,26)27)9-10-15(16)28-20(29-35)17-18(31)19(23(5,6)7)30(21(17)32)12-11-22(2,3)4/h9-10,13,19,31H,8,11-12H2,1-7H3,(H,28,29,33). The first-order chi connectivity index (χ1) is 15.9. The molecule has 0 saturated heterocycles. The normalized spacial score (nSPS) is 23.4. The third-order valence-electron chi connectivity index (χ3n) is 5.88. The molecule has 35 heavy (non-hydrogen) atoms. The number of anilines is 1.